The van der Waals surface area contributed by atoms with Gasteiger partial charge in [0, 0.05) is 38.3 Å². The second-order valence-electron chi connectivity index (χ2n) is 10.2. The van der Waals surface area contributed by atoms with E-state index in [1.54, 1.807) is 0 Å². The Morgan fingerprint density at radius 1 is 0.750 bits per heavy atom. The van der Waals surface area contributed by atoms with Crippen molar-refractivity contribution in [2.45, 2.75) is 78.1 Å². The van der Waals surface area contributed by atoms with Gasteiger partial charge in [-0.05, 0) is 86.8 Å². The summed E-state index contributed by atoms with van der Waals surface area (Å²) in [5.74, 6) is 0.573. The first-order chi connectivity index (χ1) is 15.5. The Morgan fingerprint density at radius 3 is 1.53 bits per heavy atom. The molecular formula is C28H40O4. The van der Waals surface area contributed by atoms with Crippen LogP contribution < -0.4 is 0 Å². The van der Waals surface area contributed by atoms with E-state index in [0.29, 0.717) is 11.8 Å². The fourth-order valence-electron chi connectivity index (χ4n) is 6.40. The van der Waals surface area contributed by atoms with Crippen molar-refractivity contribution in [3.05, 3.63) is 34.4 Å². The highest BCUT2D eigenvalue weighted by Gasteiger charge is 2.51. The van der Waals surface area contributed by atoms with E-state index >= 15 is 0 Å². The summed E-state index contributed by atoms with van der Waals surface area (Å²) in [6.07, 6.45) is 7.47. The molecule has 32 heavy (non-hydrogen) atoms. The van der Waals surface area contributed by atoms with Crippen molar-refractivity contribution in [2.24, 2.45) is 23.7 Å². The van der Waals surface area contributed by atoms with Crippen LogP contribution in [0, 0.1) is 30.6 Å². The van der Waals surface area contributed by atoms with Gasteiger partial charge in [-0.15, -0.1) is 0 Å². The molecule has 0 bridgehead atoms. The quantitative estimate of drug-likeness (QED) is 0.546. The number of rotatable bonds is 7. The molecule has 0 radical (unpaired) electrons. The van der Waals surface area contributed by atoms with Gasteiger partial charge < -0.3 is 9.47 Å². The fraction of sp³-hybridized carbons (Fsp3) is 0.714. The summed E-state index contributed by atoms with van der Waals surface area (Å²) in [5, 5.41) is 0. The highest BCUT2D eigenvalue weighted by Crippen LogP contribution is 2.46. The number of ketones is 2. The number of aryl methyl sites for hydroxylation is 3. The fourth-order valence-corrected chi connectivity index (χ4v) is 6.40. The van der Waals surface area contributed by atoms with E-state index in [0.717, 1.165) is 83.4 Å². The van der Waals surface area contributed by atoms with Crippen LogP contribution in [0.15, 0.2) is 12.1 Å². The molecule has 1 aromatic rings. The second-order valence-corrected chi connectivity index (χ2v) is 10.2. The SMILES string of the molecule is CCc1cc(C)cc(CC)c1C1C(=O)C(CC2CCOCC2)C(CC2CCOCC2)C1=O. The number of benzene rings is 1. The van der Waals surface area contributed by atoms with Gasteiger partial charge in [-0.3, -0.25) is 9.59 Å². The Morgan fingerprint density at radius 2 is 1.16 bits per heavy atom. The molecular weight excluding hydrogens is 400 g/mol. The van der Waals surface area contributed by atoms with E-state index in [-0.39, 0.29) is 23.4 Å². The third-order valence-corrected chi connectivity index (χ3v) is 8.19. The molecule has 3 aliphatic rings. The summed E-state index contributed by atoms with van der Waals surface area (Å²) in [5.41, 5.74) is 4.63. The van der Waals surface area contributed by atoms with E-state index in [2.05, 4.69) is 32.9 Å². The van der Waals surface area contributed by atoms with E-state index in [1.807, 2.05) is 0 Å². The summed E-state index contributed by atoms with van der Waals surface area (Å²) in [7, 11) is 0. The molecule has 1 aliphatic carbocycles. The minimum atomic E-state index is -0.560. The third kappa shape index (κ3) is 4.87. The normalized spacial score (nSPS) is 27.9. The maximum absolute atomic E-state index is 14.0. The van der Waals surface area contributed by atoms with Crippen molar-refractivity contribution in [1.29, 1.82) is 0 Å². The maximum atomic E-state index is 14.0. The van der Waals surface area contributed by atoms with Crippen molar-refractivity contribution >= 4 is 11.6 Å². The molecule has 176 valence electrons. The molecule has 2 atom stereocenters. The number of hydrogen-bond donors (Lipinski definition) is 0. The lowest BCUT2D eigenvalue weighted by molar-refractivity contribution is -0.125. The largest absolute Gasteiger partial charge is 0.381 e. The molecule has 0 N–H and O–H groups in total. The van der Waals surface area contributed by atoms with Gasteiger partial charge in [-0.2, -0.15) is 0 Å². The molecule has 0 aromatic heterocycles. The lowest BCUT2D eigenvalue weighted by atomic mass is 9.78. The maximum Gasteiger partial charge on any atom is 0.151 e. The topological polar surface area (TPSA) is 52.6 Å². The average Bonchev–Trinajstić information content (AvgIpc) is 3.03. The first kappa shape index (κ1) is 23.6. The van der Waals surface area contributed by atoms with Gasteiger partial charge in [0.05, 0.1) is 0 Å². The van der Waals surface area contributed by atoms with Gasteiger partial charge in [0.25, 0.3) is 0 Å². The predicted octanol–water partition coefficient (Wildman–Crippen LogP) is 5.22. The minimum Gasteiger partial charge on any atom is -0.381 e. The molecule has 3 fully saturated rings. The van der Waals surface area contributed by atoms with Gasteiger partial charge in [0.1, 0.15) is 5.92 Å². The molecule has 0 spiro atoms. The van der Waals surface area contributed by atoms with Crippen LogP contribution in [0.2, 0.25) is 0 Å². The molecule has 4 nitrogen and oxygen atoms in total. The lowest BCUT2D eigenvalue weighted by Gasteiger charge is -2.29. The molecule has 4 rings (SSSR count). The first-order valence-corrected chi connectivity index (χ1v) is 12.9. The monoisotopic (exact) mass is 440 g/mol. The van der Waals surface area contributed by atoms with Crippen LogP contribution >= 0.6 is 0 Å². The van der Waals surface area contributed by atoms with Gasteiger partial charge in [0.2, 0.25) is 0 Å². The Bertz CT molecular complexity index is 754. The first-order valence-electron chi connectivity index (χ1n) is 12.9. The van der Waals surface area contributed by atoms with Crippen molar-refractivity contribution in [3.63, 3.8) is 0 Å². The van der Waals surface area contributed by atoms with Crippen molar-refractivity contribution in [1.82, 2.24) is 0 Å². The standard InChI is InChI=1S/C28H40O4/c1-4-21-14-18(3)15-22(5-2)25(21)26-27(29)23(16-19-6-10-31-11-7-19)24(28(26)30)17-20-8-12-32-13-9-20/h14-15,19-20,23-24,26H,4-13,16-17H2,1-3H3. The Balaban J connectivity index is 1.67. The van der Waals surface area contributed by atoms with Crippen LogP contribution in [0.25, 0.3) is 0 Å². The molecule has 1 saturated carbocycles. The number of ether oxygens (including phenoxy) is 2. The van der Waals surface area contributed by atoms with Crippen molar-refractivity contribution in [2.75, 3.05) is 26.4 Å². The molecule has 4 heteroatoms. The number of hydrogen-bond acceptors (Lipinski definition) is 4. The van der Waals surface area contributed by atoms with Crippen LogP contribution in [-0.2, 0) is 31.9 Å². The van der Waals surface area contributed by atoms with Crippen LogP contribution in [0.5, 0.6) is 0 Å². The van der Waals surface area contributed by atoms with E-state index in [4.69, 9.17) is 9.47 Å². The highest BCUT2D eigenvalue weighted by atomic mass is 16.5. The van der Waals surface area contributed by atoms with Gasteiger partial charge in [-0.25, -0.2) is 0 Å². The summed E-state index contributed by atoms with van der Waals surface area (Å²) in [4.78, 5) is 28.0. The minimum absolute atomic E-state index is 0.130. The van der Waals surface area contributed by atoms with Gasteiger partial charge >= 0.3 is 0 Å². The van der Waals surface area contributed by atoms with Gasteiger partial charge in [-0.1, -0.05) is 31.5 Å². The summed E-state index contributed by atoms with van der Waals surface area (Å²) in [6.45, 7) is 9.53. The van der Waals surface area contributed by atoms with Crippen molar-refractivity contribution < 1.29 is 19.1 Å². The molecule has 0 amide bonds. The number of Topliss-reactive ketones (excluding diaryl/α,β-unsaturated/α-hetero) is 2. The Hall–Kier alpha value is -1.52. The van der Waals surface area contributed by atoms with Crippen LogP contribution in [0.1, 0.15) is 80.5 Å². The lowest BCUT2D eigenvalue weighted by Crippen LogP contribution is -2.27. The van der Waals surface area contributed by atoms with E-state index in [1.165, 1.54) is 16.7 Å². The Labute approximate surface area is 193 Å². The zero-order valence-corrected chi connectivity index (χ0v) is 20.2. The second kappa shape index (κ2) is 10.6. The summed E-state index contributed by atoms with van der Waals surface area (Å²) in [6, 6.07) is 4.38. The highest BCUT2D eigenvalue weighted by molar-refractivity contribution is 6.16. The number of carbonyl (C=O) groups is 2. The molecule has 1 aromatic carbocycles. The molecule has 2 heterocycles. The van der Waals surface area contributed by atoms with E-state index in [9.17, 15) is 9.59 Å². The van der Waals surface area contributed by atoms with Gasteiger partial charge in [0.15, 0.2) is 11.6 Å². The Kier molecular flexibility index (Phi) is 7.83. The smallest absolute Gasteiger partial charge is 0.151 e. The summed E-state index contributed by atoms with van der Waals surface area (Å²) >= 11 is 0. The number of carbonyl (C=O) groups excluding carboxylic acids is 2. The zero-order valence-electron chi connectivity index (χ0n) is 20.2. The van der Waals surface area contributed by atoms with Crippen molar-refractivity contribution in [3.8, 4) is 0 Å². The summed E-state index contributed by atoms with van der Waals surface area (Å²) < 4.78 is 11.1. The predicted molar refractivity (Wildman–Crippen MR) is 126 cm³/mol. The molecule has 2 saturated heterocycles. The average molecular weight is 441 g/mol. The third-order valence-electron chi connectivity index (χ3n) is 8.19. The van der Waals surface area contributed by atoms with Crippen LogP contribution in [0.3, 0.4) is 0 Å². The van der Waals surface area contributed by atoms with E-state index < -0.39 is 5.92 Å². The zero-order chi connectivity index (χ0) is 22.7. The van der Waals surface area contributed by atoms with Crippen LogP contribution in [0.4, 0.5) is 0 Å². The molecule has 2 unspecified atom stereocenters. The molecule has 2 aliphatic heterocycles. The van der Waals surface area contributed by atoms with Crippen LogP contribution in [-0.4, -0.2) is 38.0 Å².